The molecule has 0 radical (unpaired) electrons. The normalized spacial score (nSPS) is 20.1. The first kappa shape index (κ1) is 37.3. The molecule has 49 heavy (non-hydrogen) atoms. The fourth-order valence-electron chi connectivity index (χ4n) is 8.63. The second-order valence-corrected chi connectivity index (χ2v) is 17.9. The monoisotopic (exact) mass is 783 g/mol. The zero-order valence-corrected chi connectivity index (χ0v) is 32.3. The summed E-state index contributed by atoms with van der Waals surface area (Å²) in [6.07, 6.45) is 20.1. The van der Waals surface area contributed by atoms with Crippen LogP contribution in [0.3, 0.4) is 0 Å². The van der Waals surface area contributed by atoms with Gasteiger partial charge in [-0.25, -0.2) is 0 Å². The van der Waals surface area contributed by atoms with Gasteiger partial charge in [-0.1, -0.05) is 0 Å². The van der Waals surface area contributed by atoms with Crippen LogP contribution in [0.1, 0.15) is 116 Å². The first-order valence-corrected chi connectivity index (χ1v) is 21.9. The van der Waals surface area contributed by atoms with E-state index in [2.05, 4.69) is 61.1 Å². The molecule has 2 aromatic carbocycles. The predicted molar refractivity (Wildman–Crippen MR) is 197 cm³/mol. The average Bonchev–Trinajstić information content (AvgIpc) is 3.32. The summed E-state index contributed by atoms with van der Waals surface area (Å²) >= 11 is -0.260. The van der Waals surface area contributed by atoms with Crippen LogP contribution in [0.4, 0.5) is 22.7 Å². The van der Waals surface area contributed by atoms with Gasteiger partial charge >= 0.3 is 305 Å². The van der Waals surface area contributed by atoms with Crippen LogP contribution in [0, 0.1) is 32.1 Å². The number of hydrogen-bond donors (Lipinski definition) is 1. The fourth-order valence-corrected chi connectivity index (χ4v) is 11.4. The second kappa shape index (κ2) is 16.4. The molecule has 2 aromatic rings. The number of nitrogens with one attached hydrogen (secondary N) is 1. The van der Waals surface area contributed by atoms with Crippen LogP contribution in [-0.2, 0) is 10.8 Å². The SMILES string of the molecule is C[I-]C(/C=C/C=C1/N(CCC(C)C)c2ccc([N+](=O)[O-])cc2C12CCCCC2)C1(c2cc([N+](=O)[O-])ccc2NCCC(C)C)CCCCC1. The van der Waals surface area contributed by atoms with E-state index >= 15 is 0 Å². The minimum atomic E-state index is -0.260. The van der Waals surface area contributed by atoms with Crippen LogP contribution in [0.5, 0.6) is 0 Å². The van der Waals surface area contributed by atoms with Crippen LogP contribution >= 0.6 is 0 Å². The number of alkyl halides is 2. The predicted octanol–water partition coefficient (Wildman–Crippen LogP) is 7.46. The molecule has 3 aliphatic rings. The molecule has 2 fully saturated rings. The summed E-state index contributed by atoms with van der Waals surface area (Å²) in [5, 5.41) is 27.7. The number of benzene rings is 2. The Morgan fingerprint density at radius 3 is 2.02 bits per heavy atom. The number of non-ortho nitro benzene ring substituents is 2. The Morgan fingerprint density at radius 2 is 1.43 bits per heavy atom. The average molecular weight is 784 g/mol. The Bertz CT molecular complexity index is 1540. The molecule has 2 aliphatic carbocycles. The number of hydrogen-bond acceptors (Lipinski definition) is 6. The van der Waals surface area contributed by atoms with E-state index in [-0.39, 0.29) is 53.3 Å². The maximum absolute atomic E-state index is 12.1. The number of anilines is 2. The van der Waals surface area contributed by atoms with Crippen molar-refractivity contribution >= 4 is 22.7 Å². The van der Waals surface area contributed by atoms with Gasteiger partial charge in [-0.15, -0.1) is 0 Å². The third kappa shape index (κ3) is 8.02. The van der Waals surface area contributed by atoms with Crippen molar-refractivity contribution < 1.29 is 31.1 Å². The van der Waals surface area contributed by atoms with Gasteiger partial charge in [-0.3, -0.25) is 0 Å². The van der Waals surface area contributed by atoms with Gasteiger partial charge in [0.1, 0.15) is 0 Å². The molecule has 1 heterocycles. The molecule has 9 heteroatoms. The minimum absolute atomic E-state index is 0.152. The molecule has 0 amide bonds. The van der Waals surface area contributed by atoms with Crippen molar-refractivity contribution in [1.82, 2.24) is 0 Å². The van der Waals surface area contributed by atoms with E-state index in [1.807, 2.05) is 24.3 Å². The second-order valence-electron chi connectivity index (χ2n) is 15.3. The van der Waals surface area contributed by atoms with E-state index in [1.165, 1.54) is 18.5 Å². The molecule has 2 saturated carbocycles. The summed E-state index contributed by atoms with van der Waals surface area (Å²) in [4.78, 5) is 28.3. The summed E-state index contributed by atoms with van der Waals surface area (Å²) in [5.74, 6) is 1.11. The van der Waals surface area contributed by atoms with Crippen LogP contribution in [-0.4, -0.2) is 31.8 Å². The van der Waals surface area contributed by atoms with Crippen molar-refractivity contribution in [3.63, 3.8) is 0 Å². The number of nitrogens with zero attached hydrogens (tertiary/aromatic N) is 3. The van der Waals surface area contributed by atoms with E-state index in [0.717, 1.165) is 99.8 Å². The third-order valence-electron chi connectivity index (χ3n) is 11.2. The van der Waals surface area contributed by atoms with Gasteiger partial charge in [-0.05, 0) is 0 Å². The molecule has 1 spiro atoms. The Morgan fingerprint density at radius 1 is 0.837 bits per heavy atom. The van der Waals surface area contributed by atoms with Crippen LogP contribution < -0.4 is 31.4 Å². The van der Waals surface area contributed by atoms with Crippen LogP contribution in [0.15, 0.2) is 60.3 Å². The molecule has 0 saturated heterocycles. The van der Waals surface area contributed by atoms with Gasteiger partial charge < -0.3 is 0 Å². The van der Waals surface area contributed by atoms with E-state index in [0.29, 0.717) is 15.8 Å². The van der Waals surface area contributed by atoms with Crippen molar-refractivity contribution in [1.29, 1.82) is 0 Å². The van der Waals surface area contributed by atoms with Crippen molar-refractivity contribution in [2.75, 3.05) is 28.2 Å². The number of allylic oxidation sites excluding steroid dienone is 4. The molecule has 0 bridgehead atoms. The van der Waals surface area contributed by atoms with Gasteiger partial charge in [0.2, 0.25) is 0 Å². The Labute approximate surface area is 303 Å². The summed E-state index contributed by atoms with van der Waals surface area (Å²) in [7, 11) is 0. The number of nitro groups is 2. The van der Waals surface area contributed by atoms with Gasteiger partial charge in [0, 0.05) is 0 Å². The molecule has 1 aliphatic heterocycles. The van der Waals surface area contributed by atoms with Crippen molar-refractivity contribution in [2.24, 2.45) is 11.8 Å². The van der Waals surface area contributed by atoms with Crippen molar-refractivity contribution in [3.8, 4) is 0 Å². The fraction of sp³-hybridized carbons (Fsp3) is 0.600. The van der Waals surface area contributed by atoms with Crippen LogP contribution in [0.25, 0.3) is 0 Å². The van der Waals surface area contributed by atoms with Gasteiger partial charge in [-0.2, -0.15) is 0 Å². The Kier molecular flexibility index (Phi) is 12.5. The van der Waals surface area contributed by atoms with Gasteiger partial charge in [0.05, 0.1) is 0 Å². The third-order valence-corrected chi connectivity index (χ3v) is 14.2. The molecular formula is C40H56IN4O4-. The first-order chi connectivity index (χ1) is 23.5. The summed E-state index contributed by atoms with van der Waals surface area (Å²) in [6, 6.07) is 11.0. The standard InChI is InChI=1S/C40H56IN4O4/c1-29(2)19-25-42-35-17-15-31(44(46)47)27-33(35)39(21-8-6-9-22-39)37(41-5)13-12-14-38-40(23-10-7-11-24-40)34-28-32(45(48)49)16-18-36(34)43(38)26-20-30(3)4/h12-18,27-30,37,42H,6-11,19-26H2,1-5H3/q-1/b13-12+,38-14+. The Balaban J connectivity index is 1.59. The molecule has 1 atom stereocenters. The Hall–Kier alpha value is -2.95. The van der Waals surface area contributed by atoms with Crippen LogP contribution in [0.2, 0.25) is 0 Å². The summed E-state index contributed by atoms with van der Waals surface area (Å²) in [5.41, 5.74) is 5.70. The molecular weight excluding hydrogens is 727 g/mol. The number of halogens is 1. The van der Waals surface area contributed by atoms with E-state index in [9.17, 15) is 20.2 Å². The molecule has 1 N–H and O–H groups in total. The molecule has 8 nitrogen and oxygen atoms in total. The van der Waals surface area contributed by atoms with Crippen molar-refractivity contribution in [2.45, 2.75) is 119 Å². The molecule has 268 valence electrons. The maximum atomic E-state index is 12.1. The van der Waals surface area contributed by atoms with Gasteiger partial charge in [0.15, 0.2) is 0 Å². The number of rotatable bonds is 14. The number of fused-ring (bicyclic) bond motifs is 2. The van der Waals surface area contributed by atoms with Gasteiger partial charge in [0.25, 0.3) is 0 Å². The van der Waals surface area contributed by atoms with Crippen molar-refractivity contribution in [3.05, 3.63) is 91.7 Å². The van der Waals surface area contributed by atoms with E-state index in [1.54, 1.807) is 12.1 Å². The summed E-state index contributed by atoms with van der Waals surface area (Å²) < 4.78 is 0.312. The van der Waals surface area contributed by atoms with E-state index in [4.69, 9.17) is 0 Å². The summed E-state index contributed by atoms with van der Waals surface area (Å²) in [6.45, 7) is 10.7. The first-order valence-electron chi connectivity index (χ1n) is 18.5. The zero-order valence-electron chi connectivity index (χ0n) is 30.2. The quantitative estimate of drug-likeness (QED) is 0.0925. The molecule has 1 unspecified atom stereocenters. The topological polar surface area (TPSA) is 102 Å². The molecule has 5 rings (SSSR count). The molecule has 0 aromatic heterocycles. The van der Waals surface area contributed by atoms with E-state index < -0.39 is 0 Å². The number of nitro benzene ring substituents is 2. The zero-order chi connectivity index (χ0) is 35.2.